The lowest BCUT2D eigenvalue weighted by Crippen LogP contribution is -2.12. The molecule has 0 aromatic carbocycles. The van der Waals surface area contributed by atoms with Crippen LogP contribution in [0.4, 0.5) is 17.3 Å². The minimum absolute atomic E-state index is 0.292. The highest BCUT2D eigenvalue weighted by Crippen LogP contribution is 2.57. The van der Waals surface area contributed by atoms with Crippen LogP contribution in [-0.2, 0) is 9.53 Å². The Balaban J connectivity index is 0. The van der Waals surface area contributed by atoms with Gasteiger partial charge in [0.25, 0.3) is 0 Å². The third kappa shape index (κ3) is 11.9. The van der Waals surface area contributed by atoms with Gasteiger partial charge in [-0.25, -0.2) is 4.79 Å². The summed E-state index contributed by atoms with van der Waals surface area (Å²) in [6.45, 7) is 9.93. The Hall–Kier alpha value is -0.575. The van der Waals surface area contributed by atoms with Gasteiger partial charge in [0, 0.05) is 6.08 Å². The second kappa shape index (κ2) is 9.37. The quantitative estimate of drug-likeness (QED) is 0.242. The van der Waals surface area contributed by atoms with Crippen molar-refractivity contribution >= 4 is 20.5 Å². The average Bonchev–Trinajstić information content (AvgIpc) is 2.29. The lowest BCUT2D eigenvalue weighted by atomic mass is 10.3. The van der Waals surface area contributed by atoms with Gasteiger partial charge in [-0.05, 0) is 20.8 Å². The van der Waals surface area contributed by atoms with Crippen molar-refractivity contribution in [1.29, 1.82) is 0 Å². The largest absolute Gasteiger partial charge is 0.673 e. The molecule has 18 heavy (non-hydrogen) atoms. The maximum absolute atomic E-state index is 10.9. The van der Waals surface area contributed by atoms with E-state index in [1.54, 1.807) is 0 Å². The highest BCUT2D eigenvalue weighted by Gasteiger charge is 2.32. The van der Waals surface area contributed by atoms with Crippen molar-refractivity contribution in [2.75, 3.05) is 24.8 Å². The predicted molar refractivity (Wildman–Crippen MR) is 69.9 cm³/mol. The van der Waals surface area contributed by atoms with Gasteiger partial charge >= 0.3 is 13.2 Å². The standard InChI is InChI=1S/C10H20O2P.BF4/c1-5-10(11)12-9-13(6-2,7-3)8-4;2-1(3,4)5/h5H,1,6-9H2,2-4H3;/q+1;-1. The van der Waals surface area contributed by atoms with Crippen molar-refractivity contribution in [3.8, 4) is 0 Å². The molecule has 0 saturated carbocycles. The van der Waals surface area contributed by atoms with Gasteiger partial charge in [0.1, 0.15) is 0 Å². The molecule has 8 heteroatoms. The Bertz CT molecular complexity index is 240. The molecule has 0 atom stereocenters. The summed E-state index contributed by atoms with van der Waals surface area (Å²) in [4.78, 5) is 10.9. The van der Waals surface area contributed by atoms with E-state index >= 15 is 0 Å². The third-order valence-electron chi connectivity index (χ3n) is 2.66. The van der Waals surface area contributed by atoms with Gasteiger partial charge in [-0.2, -0.15) is 0 Å². The average molecular weight is 290 g/mol. The minimum Gasteiger partial charge on any atom is -0.427 e. The van der Waals surface area contributed by atoms with Crippen LogP contribution in [0.1, 0.15) is 20.8 Å². The zero-order valence-electron chi connectivity index (χ0n) is 11.0. The van der Waals surface area contributed by atoms with E-state index in [4.69, 9.17) is 4.74 Å². The van der Waals surface area contributed by atoms with E-state index in [2.05, 4.69) is 27.4 Å². The molecule has 0 spiro atoms. The Morgan fingerprint density at radius 3 is 1.72 bits per heavy atom. The number of esters is 1. The molecule has 108 valence electrons. The van der Waals surface area contributed by atoms with Gasteiger partial charge in [0.05, 0.1) is 25.7 Å². The van der Waals surface area contributed by atoms with Crippen molar-refractivity contribution in [3.05, 3.63) is 12.7 Å². The molecular weight excluding hydrogens is 270 g/mol. The van der Waals surface area contributed by atoms with Crippen LogP contribution in [0, 0.1) is 0 Å². The van der Waals surface area contributed by atoms with Crippen molar-refractivity contribution in [3.63, 3.8) is 0 Å². The first-order valence-corrected chi connectivity index (χ1v) is 8.18. The van der Waals surface area contributed by atoms with E-state index in [0.717, 1.165) is 18.5 Å². The van der Waals surface area contributed by atoms with Gasteiger partial charge in [-0.1, -0.05) is 6.58 Å². The summed E-state index contributed by atoms with van der Waals surface area (Å²) in [5, 5.41) is 0. The van der Waals surface area contributed by atoms with Gasteiger partial charge in [0.15, 0.2) is 6.35 Å². The first-order chi connectivity index (χ1) is 8.14. The minimum atomic E-state index is -6.00. The normalized spacial score (nSPS) is 11.3. The van der Waals surface area contributed by atoms with Gasteiger partial charge in [0.2, 0.25) is 0 Å². The summed E-state index contributed by atoms with van der Waals surface area (Å²) in [5.41, 5.74) is 0. The summed E-state index contributed by atoms with van der Waals surface area (Å²) in [7, 11) is -7.00. The number of rotatable bonds is 6. The molecule has 0 amide bonds. The predicted octanol–water partition coefficient (Wildman–Crippen LogP) is 4.05. The molecule has 2 nitrogen and oxygen atoms in total. The van der Waals surface area contributed by atoms with E-state index in [0.29, 0.717) is 6.35 Å². The molecule has 0 rings (SSSR count). The van der Waals surface area contributed by atoms with Crippen molar-refractivity contribution in [1.82, 2.24) is 0 Å². The highest BCUT2D eigenvalue weighted by molar-refractivity contribution is 7.75. The number of carbonyl (C=O) groups is 1. The van der Waals surface area contributed by atoms with Crippen molar-refractivity contribution in [2.45, 2.75) is 20.8 Å². The Morgan fingerprint density at radius 1 is 1.17 bits per heavy atom. The fourth-order valence-electron chi connectivity index (χ4n) is 1.20. The summed E-state index contributed by atoms with van der Waals surface area (Å²) in [5.74, 6) is -0.292. The lowest BCUT2D eigenvalue weighted by Gasteiger charge is -2.22. The topological polar surface area (TPSA) is 26.3 Å². The van der Waals surface area contributed by atoms with E-state index in [9.17, 15) is 22.1 Å². The molecule has 0 aliphatic rings. The number of halogens is 4. The van der Waals surface area contributed by atoms with Gasteiger partial charge < -0.3 is 22.0 Å². The SMILES string of the molecule is C=CC(=O)OC[P+](CC)(CC)CC.F[B-](F)(F)F. The maximum Gasteiger partial charge on any atom is 0.673 e. The molecule has 0 aromatic heterocycles. The zero-order chi connectivity index (χ0) is 14.8. The molecule has 0 N–H and O–H groups in total. The Morgan fingerprint density at radius 2 is 1.50 bits per heavy atom. The second-order valence-electron chi connectivity index (χ2n) is 3.58. The first-order valence-electron chi connectivity index (χ1n) is 5.65. The molecule has 0 saturated heterocycles. The van der Waals surface area contributed by atoms with Crippen LogP contribution in [0.5, 0.6) is 0 Å². The molecule has 0 bridgehead atoms. The summed E-state index contributed by atoms with van der Waals surface area (Å²) < 4.78 is 44.1. The molecule has 0 aliphatic heterocycles. The highest BCUT2D eigenvalue weighted by atomic mass is 31.2. The van der Waals surface area contributed by atoms with E-state index < -0.39 is 14.5 Å². The fourth-order valence-corrected chi connectivity index (χ4v) is 3.49. The fraction of sp³-hybridized carbons (Fsp3) is 0.700. The smallest absolute Gasteiger partial charge is 0.427 e. The van der Waals surface area contributed by atoms with Crippen LogP contribution in [0.25, 0.3) is 0 Å². The van der Waals surface area contributed by atoms with Crippen LogP contribution in [0.15, 0.2) is 12.7 Å². The molecule has 0 radical (unpaired) electrons. The van der Waals surface area contributed by atoms with Crippen LogP contribution in [-0.4, -0.2) is 38.1 Å². The number of carbonyl (C=O) groups excluding carboxylic acids is 1. The van der Waals surface area contributed by atoms with Crippen molar-refractivity contribution < 1.29 is 26.8 Å². The number of ether oxygens (including phenoxy) is 1. The van der Waals surface area contributed by atoms with E-state index in [1.807, 2.05) is 0 Å². The molecule has 0 heterocycles. The first kappa shape index (κ1) is 19.8. The molecule has 0 aliphatic carbocycles. The number of hydrogen-bond donors (Lipinski definition) is 0. The van der Waals surface area contributed by atoms with Crippen molar-refractivity contribution in [2.24, 2.45) is 0 Å². The maximum atomic E-state index is 10.9. The molecule has 0 unspecified atom stereocenters. The summed E-state index contributed by atoms with van der Waals surface area (Å²) >= 11 is 0. The number of hydrogen-bond acceptors (Lipinski definition) is 2. The second-order valence-corrected chi connectivity index (χ2v) is 8.42. The van der Waals surface area contributed by atoms with Crippen LogP contribution in [0.2, 0.25) is 0 Å². The molecule has 0 fully saturated rings. The third-order valence-corrected chi connectivity index (χ3v) is 7.36. The van der Waals surface area contributed by atoms with Gasteiger partial charge in [-0.3, -0.25) is 0 Å². The van der Waals surface area contributed by atoms with Crippen LogP contribution < -0.4 is 0 Å². The summed E-state index contributed by atoms with van der Waals surface area (Å²) in [6.07, 6.45) is 5.33. The van der Waals surface area contributed by atoms with E-state index in [-0.39, 0.29) is 5.97 Å². The summed E-state index contributed by atoms with van der Waals surface area (Å²) in [6, 6.07) is 0. The van der Waals surface area contributed by atoms with Crippen LogP contribution in [0.3, 0.4) is 0 Å². The Kier molecular flexibility index (Phi) is 10.3. The molecule has 0 aromatic rings. The Labute approximate surface area is 106 Å². The zero-order valence-corrected chi connectivity index (χ0v) is 11.9. The monoisotopic (exact) mass is 290 g/mol. The van der Waals surface area contributed by atoms with E-state index in [1.165, 1.54) is 6.08 Å². The van der Waals surface area contributed by atoms with Gasteiger partial charge in [-0.15, -0.1) is 0 Å². The lowest BCUT2D eigenvalue weighted by molar-refractivity contribution is -0.135. The van der Waals surface area contributed by atoms with Crippen LogP contribution >= 0.6 is 7.26 Å². The molecular formula is C10H20BF4O2P.